The van der Waals surface area contributed by atoms with E-state index in [0.717, 1.165) is 12.3 Å². The van der Waals surface area contributed by atoms with Crippen molar-refractivity contribution in [3.8, 4) is 0 Å². The highest BCUT2D eigenvalue weighted by atomic mass is 19.3. The topological polar surface area (TPSA) is 33.2 Å². The molecule has 3 rings (SSSR count). The van der Waals surface area contributed by atoms with Gasteiger partial charge in [-0.2, -0.15) is 0 Å². The molecule has 0 aliphatic carbocycles. The van der Waals surface area contributed by atoms with Crippen molar-refractivity contribution in [3.63, 3.8) is 0 Å². The average molecular weight is 356 g/mol. The average Bonchev–Trinajstić information content (AvgIpc) is 2.61. The quantitative estimate of drug-likeness (QED) is 0.604. The minimum absolute atomic E-state index is 0.0881. The van der Waals surface area contributed by atoms with E-state index in [2.05, 4.69) is 4.98 Å². The van der Waals surface area contributed by atoms with Gasteiger partial charge in [0.2, 0.25) is 6.30 Å². The molecule has 1 aliphatic rings. The molecule has 0 spiro atoms. The summed E-state index contributed by atoms with van der Waals surface area (Å²) >= 11 is 0. The van der Waals surface area contributed by atoms with Crippen molar-refractivity contribution in [1.29, 1.82) is 0 Å². The molecular formula is C17H13F5N2O. The number of carbonyl (C=O) groups excluding carboxylic acids is 1. The fourth-order valence-electron chi connectivity index (χ4n) is 2.92. The molecule has 0 N–H and O–H groups in total. The molecule has 1 aliphatic heterocycles. The molecule has 0 radical (unpaired) electrons. The first kappa shape index (κ1) is 17.3. The van der Waals surface area contributed by atoms with Crippen LogP contribution in [0.2, 0.25) is 0 Å². The van der Waals surface area contributed by atoms with E-state index in [0.29, 0.717) is 10.5 Å². The Morgan fingerprint density at radius 2 is 1.76 bits per heavy atom. The molecule has 25 heavy (non-hydrogen) atoms. The molecule has 3 nitrogen and oxygen atoms in total. The minimum Gasteiger partial charge on any atom is -0.296 e. The van der Waals surface area contributed by atoms with E-state index in [1.807, 2.05) is 0 Å². The van der Waals surface area contributed by atoms with Crippen LogP contribution in [-0.4, -0.2) is 28.5 Å². The van der Waals surface area contributed by atoms with Crippen LogP contribution in [0.1, 0.15) is 39.6 Å². The van der Waals surface area contributed by atoms with Crippen LogP contribution < -0.4 is 0 Å². The lowest BCUT2D eigenvalue weighted by Gasteiger charge is -2.38. The lowest BCUT2D eigenvalue weighted by molar-refractivity contribution is -0.0551. The van der Waals surface area contributed by atoms with Gasteiger partial charge in [0, 0.05) is 11.8 Å². The summed E-state index contributed by atoms with van der Waals surface area (Å²) in [7, 11) is 0. The van der Waals surface area contributed by atoms with Crippen LogP contribution in [0.5, 0.6) is 0 Å². The first-order valence-corrected chi connectivity index (χ1v) is 7.47. The Morgan fingerprint density at radius 3 is 2.36 bits per heavy atom. The summed E-state index contributed by atoms with van der Waals surface area (Å²) in [5, 5.41) is 0. The number of rotatable bonds is 4. The van der Waals surface area contributed by atoms with Gasteiger partial charge in [0.05, 0.1) is 6.04 Å². The van der Waals surface area contributed by atoms with Gasteiger partial charge in [0.1, 0.15) is 5.69 Å². The highest BCUT2D eigenvalue weighted by Crippen LogP contribution is 2.36. The molecule has 132 valence electrons. The number of hydrogen-bond donors (Lipinski definition) is 0. The number of halogens is 5. The molecular weight excluding hydrogens is 343 g/mol. The number of carbonyl (C=O) groups is 1. The van der Waals surface area contributed by atoms with E-state index in [1.54, 1.807) is 18.2 Å². The van der Waals surface area contributed by atoms with E-state index < -0.39 is 36.8 Å². The molecule has 2 atom stereocenters. The van der Waals surface area contributed by atoms with E-state index in [9.17, 15) is 26.7 Å². The second-order valence-corrected chi connectivity index (χ2v) is 5.61. The fraction of sp³-hybridized carbons (Fsp3) is 0.294. The number of benzene rings is 1. The normalized spacial score (nSPS) is 18.6. The minimum atomic E-state index is -3.38. The Kier molecular flexibility index (Phi) is 4.69. The number of alkyl halides is 5. The molecule has 2 heterocycles. The number of aromatic nitrogens is 1. The van der Waals surface area contributed by atoms with Crippen molar-refractivity contribution >= 4 is 5.91 Å². The van der Waals surface area contributed by atoms with Gasteiger partial charge in [-0.3, -0.25) is 14.7 Å². The Morgan fingerprint density at radius 1 is 1.04 bits per heavy atom. The molecule has 1 amide bonds. The Hall–Kier alpha value is -2.51. The third-order valence-electron chi connectivity index (χ3n) is 4.12. The number of fused-ring (bicyclic) bond motifs is 1. The maximum Gasteiger partial charge on any atom is 0.287 e. The summed E-state index contributed by atoms with van der Waals surface area (Å²) in [6, 6.07) is 7.57. The summed E-state index contributed by atoms with van der Waals surface area (Å²) < 4.78 is 65.2. The summed E-state index contributed by atoms with van der Waals surface area (Å²) in [6.45, 7) is 0. The summed E-state index contributed by atoms with van der Waals surface area (Å²) in [6.07, 6.45) is -7.82. The molecule has 8 heteroatoms. The van der Waals surface area contributed by atoms with Crippen LogP contribution in [0.15, 0.2) is 42.6 Å². The van der Waals surface area contributed by atoms with E-state index in [1.165, 1.54) is 12.1 Å². The lowest BCUT2D eigenvalue weighted by atomic mass is 9.89. The second kappa shape index (κ2) is 6.78. The summed E-state index contributed by atoms with van der Waals surface area (Å²) in [5.41, 5.74) is 0.464. The van der Waals surface area contributed by atoms with Crippen LogP contribution in [-0.2, 0) is 6.42 Å². The molecule has 1 aromatic heterocycles. The smallest absolute Gasteiger partial charge is 0.287 e. The highest BCUT2D eigenvalue weighted by molar-refractivity contribution is 5.97. The van der Waals surface area contributed by atoms with E-state index in [-0.39, 0.29) is 17.5 Å². The number of pyridine rings is 1. The zero-order chi connectivity index (χ0) is 18.1. The molecule has 0 fully saturated rings. The first-order valence-electron chi connectivity index (χ1n) is 7.47. The molecule has 2 unspecified atom stereocenters. The van der Waals surface area contributed by atoms with Crippen molar-refractivity contribution < 1.29 is 26.7 Å². The van der Waals surface area contributed by atoms with Crippen molar-refractivity contribution in [2.45, 2.75) is 31.6 Å². The van der Waals surface area contributed by atoms with Crippen molar-refractivity contribution in [2.75, 3.05) is 0 Å². The maximum atomic E-state index is 14.1. The van der Waals surface area contributed by atoms with Gasteiger partial charge < -0.3 is 0 Å². The molecule has 0 bridgehead atoms. The van der Waals surface area contributed by atoms with Crippen LogP contribution in [0.4, 0.5) is 22.0 Å². The Balaban J connectivity index is 2.04. The summed E-state index contributed by atoms with van der Waals surface area (Å²) in [4.78, 5) is 16.6. The molecule has 0 saturated heterocycles. The van der Waals surface area contributed by atoms with Crippen LogP contribution >= 0.6 is 0 Å². The van der Waals surface area contributed by atoms with Gasteiger partial charge >= 0.3 is 0 Å². The van der Waals surface area contributed by atoms with Crippen molar-refractivity contribution in [1.82, 2.24) is 9.88 Å². The highest BCUT2D eigenvalue weighted by Gasteiger charge is 2.41. The van der Waals surface area contributed by atoms with Gasteiger partial charge in [0.25, 0.3) is 18.8 Å². The van der Waals surface area contributed by atoms with Crippen LogP contribution in [0.25, 0.3) is 0 Å². The maximum absolute atomic E-state index is 14.1. The third-order valence-corrected chi connectivity index (χ3v) is 4.12. The lowest BCUT2D eigenvalue weighted by Crippen LogP contribution is -2.47. The monoisotopic (exact) mass is 356 g/mol. The molecule has 0 saturated carbocycles. The van der Waals surface area contributed by atoms with Crippen molar-refractivity contribution in [2.24, 2.45) is 0 Å². The standard InChI is InChI=1S/C17H13F5N2O/c18-14(19)12-6-5-10(8-23-12)13-7-9-3-1-2-4-11(9)17(25)24(13)16(22)15(20)21/h1-6,8,13-16H,7H2. The van der Waals surface area contributed by atoms with E-state index in [4.69, 9.17) is 0 Å². The second-order valence-electron chi connectivity index (χ2n) is 5.61. The Bertz CT molecular complexity index is 766. The summed E-state index contributed by atoms with van der Waals surface area (Å²) in [5.74, 6) is -0.863. The Labute approximate surface area is 140 Å². The third kappa shape index (κ3) is 3.20. The van der Waals surface area contributed by atoms with Gasteiger partial charge in [-0.05, 0) is 29.7 Å². The van der Waals surface area contributed by atoms with Gasteiger partial charge in [-0.15, -0.1) is 0 Å². The predicted molar refractivity (Wildman–Crippen MR) is 79.2 cm³/mol. The predicted octanol–water partition coefficient (Wildman–Crippen LogP) is 4.32. The largest absolute Gasteiger partial charge is 0.296 e. The first-order chi connectivity index (χ1) is 11.9. The molecule has 1 aromatic carbocycles. The zero-order valence-corrected chi connectivity index (χ0v) is 12.8. The van der Waals surface area contributed by atoms with Crippen LogP contribution in [0.3, 0.4) is 0 Å². The van der Waals surface area contributed by atoms with E-state index >= 15 is 0 Å². The SMILES string of the molecule is O=C1c2ccccc2CC(c2ccc(C(F)F)nc2)N1C(F)C(F)F. The fourth-order valence-corrected chi connectivity index (χ4v) is 2.92. The van der Waals surface area contributed by atoms with Gasteiger partial charge in [-0.25, -0.2) is 22.0 Å². The van der Waals surface area contributed by atoms with Crippen molar-refractivity contribution in [3.05, 3.63) is 65.0 Å². The van der Waals surface area contributed by atoms with Crippen LogP contribution in [0, 0.1) is 0 Å². The number of nitrogens with zero attached hydrogens (tertiary/aromatic N) is 2. The number of hydrogen-bond acceptors (Lipinski definition) is 2. The van der Waals surface area contributed by atoms with Gasteiger partial charge in [0.15, 0.2) is 0 Å². The number of amides is 1. The zero-order valence-electron chi connectivity index (χ0n) is 12.8. The van der Waals surface area contributed by atoms with Gasteiger partial charge in [-0.1, -0.05) is 24.3 Å². The molecule has 2 aromatic rings.